The number of rotatable bonds is 3. The minimum absolute atomic E-state index is 0.294. The van der Waals surface area contributed by atoms with Gasteiger partial charge in [-0.05, 0) is 29.5 Å². The first-order valence-corrected chi connectivity index (χ1v) is 6.62. The fourth-order valence-electron chi connectivity index (χ4n) is 1.82. The van der Waals surface area contributed by atoms with Crippen molar-refractivity contribution >= 4 is 26.8 Å². The first kappa shape index (κ1) is 11.6. The molecular formula is C14H16BrN. The molecule has 1 nitrogen and oxygen atoms in total. The highest BCUT2D eigenvalue weighted by atomic mass is 79.9. The summed E-state index contributed by atoms with van der Waals surface area (Å²) in [6.07, 6.45) is 2.92. The summed E-state index contributed by atoms with van der Waals surface area (Å²) in [7, 11) is 0. The lowest BCUT2D eigenvalue weighted by Gasteiger charge is -2.21. The molecule has 0 amide bonds. The van der Waals surface area contributed by atoms with Crippen molar-refractivity contribution in [2.75, 3.05) is 5.33 Å². The molecule has 0 aliphatic heterocycles. The van der Waals surface area contributed by atoms with Gasteiger partial charge >= 0.3 is 0 Å². The number of hydrogen-bond acceptors (Lipinski definition) is 1. The lowest BCUT2D eigenvalue weighted by molar-refractivity contribution is 0.425. The van der Waals surface area contributed by atoms with Gasteiger partial charge < -0.3 is 0 Å². The van der Waals surface area contributed by atoms with E-state index in [-0.39, 0.29) is 0 Å². The van der Waals surface area contributed by atoms with E-state index < -0.39 is 0 Å². The lowest BCUT2D eigenvalue weighted by atomic mass is 9.88. The van der Waals surface area contributed by atoms with Gasteiger partial charge in [0.2, 0.25) is 0 Å². The first-order chi connectivity index (χ1) is 7.61. The maximum atomic E-state index is 4.39. The molecule has 2 aromatic rings. The number of alkyl halides is 1. The molecule has 2 heteroatoms. The monoisotopic (exact) mass is 277 g/mol. The van der Waals surface area contributed by atoms with Crippen LogP contribution in [0, 0.1) is 5.41 Å². The van der Waals surface area contributed by atoms with Crippen molar-refractivity contribution in [1.82, 2.24) is 4.98 Å². The van der Waals surface area contributed by atoms with E-state index >= 15 is 0 Å². The minimum atomic E-state index is 0.294. The van der Waals surface area contributed by atoms with Gasteiger partial charge in [-0.15, -0.1) is 0 Å². The summed E-state index contributed by atoms with van der Waals surface area (Å²) in [4.78, 5) is 4.39. The SMILES string of the molecule is CC(C)(CBr)Cc1ccc2cccnc2c1. The lowest BCUT2D eigenvalue weighted by Crippen LogP contribution is -2.16. The molecule has 0 N–H and O–H groups in total. The van der Waals surface area contributed by atoms with Crippen LogP contribution in [-0.2, 0) is 6.42 Å². The molecule has 84 valence electrons. The topological polar surface area (TPSA) is 12.9 Å². The zero-order chi connectivity index (χ0) is 11.6. The van der Waals surface area contributed by atoms with E-state index in [0.717, 1.165) is 17.3 Å². The largest absolute Gasteiger partial charge is 0.256 e. The Hall–Kier alpha value is -0.890. The van der Waals surface area contributed by atoms with Crippen LogP contribution >= 0.6 is 15.9 Å². The molecule has 16 heavy (non-hydrogen) atoms. The smallest absolute Gasteiger partial charge is 0.0704 e. The fraction of sp³-hybridized carbons (Fsp3) is 0.357. The van der Waals surface area contributed by atoms with Crippen LogP contribution in [-0.4, -0.2) is 10.3 Å². The summed E-state index contributed by atoms with van der Waals surface area (Å²) < 4.78 is 0. The van der Waals surface area contributed by atoms with Crippen molar-refractivity contribution in [2.24, 2.45) is 5.41 Å². The van der Waals surface area contributed by atoms with Crippen molar-refractivity contribution in [3.63, 3.8) is 0 Å². The molecule has 0 aliphatic rings. The highest BCUT2D eigenvalue weighted by Crippen LogP contribution is 2.25. The highest BCUT2D eigenvalue weighted by molar-refractivity contribution is 9.09. The Morgan fingerprint density at radius 3 is 2.81 bits per heavy atom. The van der Waals surface area contributed by atoms with Crippen LogP contribution in [0.4, 0.5) is 0 Å². The maximum Gasteiger partial charge on any atom is 0.0704 e. The molecule has 0 atom stereocenters. The van der Waals surface area contributed by atoms with E-state index in [1.54, 1.807) is 0 Å². The highest BCUT2D eigenvalue weighted by Gasteiger charge is 2.16. The summed E-state index contributed by atoms with van der Waals surface area (Å²) >= 11 is 3.56. The maximum absolute atomic E-state index is 4.39. The van der Waals surface area contributed by atoms with Crippen LogP contribution in [0.1, 0.15) is 19.4 Å². The Labute approximate surface area is 105 Å². The molecule has 0 spiro atoms. The van der Waals surface area contributed by atoms with E-state index in [9.17, 15) is 0 Å². The molecule has 0 saturated carbocycles. The molecule has 2 rings (SSSR count). The summed E-state index contributed by atoms with van der Waals surface area (Å²) in [5, 5.41) is 2.23. The van der Waals surface area contributed by atoms with E-state index in [2.05, 4.69) is 59.0 Å². The number of nitrogens with zero attached hydrogens (tertiary/aromatic N) is 1. The first-order valence-electron chi connectivity index (χ1n) is 5.50. The van der Waals surface area contributed by atoms with Gasteiger partial charge in [0.15, 0.2) is 0 Å². The third-order valence-electron chi connectivity index (χ3n) is 2.71. The summed E-state index contributed by atoms with van der Waals surface area (Å²) in [5.41, 5.74) is 2.74. The zero-order valence-corrected chi connectivity index (χ0v) is 11.3. The van der Waals surface area contributed by atoms with Crippen molar-refractivity contribution in [1.29, 1.82) is 0 Å². The summed E-state index contributed by atoms with van der Waals surface area (Å²) in [6, 6.07) is 10.6. The van der Waals surface area contributed by atoms with Crippen molar-refractivity contribution in [3.05, 3.63) is 42.1 Å². The van der Waals surface area contributed by atoms with Gasteiger partial charge in [-0.2, -0.15) is 0 Å². The van der Waals surface area contributed by atoms with Crippen molar-refractivity contribution < 1.29 is 0 Å². The van der Waals surface area contributed by atoms with Crippen LogP contribution in [0.15, 0.2) is 36.5 Å². The quantitative estimate of drug-likeness (QED) is 0.767. The molecule has 1 heterocycles. The average Bonchev–Trinajstić information content (AvgIpc) is 2.28. The zero-order valence-electron chi connectivity index (χ0n) is 9.70. The Morgan fingerprint density at radius 2 is 2.06 bits per heavy atom. The Balaban J connectivity index is 2.33. The van der Waals surface area contributed by atoms with Gasteiger partial charge in [0.05, 0.1) is 5.52 Å². The number of aromatic nitrogens is 1. The van der Waals surface area contributed by atoms with Gasteiger partial charge in [0.1, 0.15) is 0 Å². The van der Waals surface area contributed by atoms with E-state index in [1.807, 2.05) is 12.3 Å². The molecule has 0 bridgehead atoms. The van der Waals surface area contributed by atoms with E-state index in [0.29, 0.717) is 5.41 Å². The standard InChI is InChI=1S/C14H16BrN/c1-14(2,10-15)9-11-5-6-12-4-3-7-16-13(12)8-11/h3-8H,9-10H2,1-2H3. The van der Waals surface area contributed by atoms with Crippen LogP contribution in [0.5, 0.6) is 0 Å². The normalized spacial score (nSPS) is 11.9. The van der Waals surface area contributed by atoms with Crippen molar-refractivity contribution in [2.45, 2.75) is 20.3 Å². The number of pyridine rings is 1. The van der Waals surface area contributed by atoms with Gasteiger partial charge in [0.25, 0.3) is 0 Å². The molecule has 0 radical (unpaired) electrons. The van der Waals surface area contributed by atoms with Gasteiger partial charge in [-0.25, -0.2) is 0 Å². The second-order valence-corrected chi connectivity index (χ2v) is 5.57. The van der Waals surface area contributed by atoms with Gasteiger partial charge in [-0.1, -0.05) is 48.0 Å². The number of fused-ring (bicyclic) bond motifs is 1. The van der Waals surface area contributed by atoms with Crippen LogP contribution in [0.2, 0.25) is 0 Å². The van der Waals surface area contributed by atoms with E-state index in [1.165, 1.54) is 10.9 Å². The van der Waals surface area contributed by atoms with Gasteiger partial charge in [-0.3, -0.25) is 4.98 Å². The number of halogens is 1. The number of hydrogen-bond donors (Lipinski definition) is 0. The van der Waals surface area contributed by atoms with Crippen LogP contribution in [0.25, 0.3) is 10.9 Å². The average molecular weight is 278 g/mol. The predicted molar refractivity (Wildman–Crippen MR) is 73.0 cm³/mol. The molecule has 0 saturated heterocycles. The Bertz CT molecular complexity index is 491. The second kappa shape index (κ2) is 4.54. The molecule has 0 aliphatic carbocycles. The minimum Gasteiger partial charge on any atom is -0.256 e. The Morgan fingerprint density at radius 1 is 1.25 bits per heavy atom. The van der Waals surface area contributed by atoms with Crippen LogP contribution < -0.4 is 0 Å². The summed E-state index contributed by atoms with van der Waals surface area (Å²) in [5.74, 6) is 0. The second-order valence-electron chi connectivity index (χ2n) is 5.01. The molecule has 0 unspecified atom stereocenters. The molecule has 1 aromatic carbocycles. The number of benzene rings is 1. The molecule has 1 aromatic heterocycles. The Kier molecular flexibility index (Phi) is 3.29. The molecular weight excluding hydrogens is 262 g/mol. The predicted octanol–water partition coefficient (Wildman–Crippen LogP) is 4.20. The third-order valence-corrected chi connectivity index (χ3v) is 4.23. The summed E-state index contributed by atoms with van der Waals surface area (Å²) in [6.45, 7) is 4.54. The van der Waals surface area contributed by atoms with Gasteiger partial charge in [0, 0.05) is 16.9 Å². The van der Waals surface area contributed by atoms with Crippen molar-refractivity contribution in [3.8, 4) is 0 Å². The van der Waals surface area contributed by atoms with E-state index in [4.69, 9.17) is 0 Å². The molecule has 0 fully saturated rings. The third kappa shape index (κ3) is 2.62. The fourth-order valence-corrected chi connectivity index (χ4v) is 2.02. The van der Waals surface area contributed by atoms with Crippen LogP contribution in [0.3, 0.4) is 0 Å².